The molecule has 1 aliphatic carbocycles. The summed E-state index contributed by atoms with van der Waals surface area (Å²) in [6.07, 6.45) is 7.00. The van der Waals surface area contributed by atoms with Crippen molar-refractivity contribution in [2.45, 2.75) is 17.7 Å². The standard InChI is InChI=1S/C15H13ClN2O5S2/c16-15(19)13-9-18(25(22,23)10-4-2-1-3-5-10)14-7-6-11(8-12(13)14)24(17,20)21/h1-2,4,6-9H,3,5H2,(H2,17,20,21). The quantitative estimate of drug-likeness (QED) is 0.788. The number of allylic oxidation sites excluding steroid dienone is 4. The molecule has 0 saturated carbocycles. The number of sulfonamides is 1. The number of fused-ring (bicyclic) bond motifs is 1. The molecule has 0 amide bonds. The lowest BCUT2D eigenvalue weighted by Gasteiger charge is -2.12. The molecule has 2 aromatic rings. The molecule has 0 aliphatic heterocycles. The summed E-state index contributed by atoms with van der Waals surface area (Å²) in [6, 6.07) is 3.61. The molecule has 0 saturated heterocycles. The Morgan fingerprint density at radius 3 is 2.48 bits per heavy atom. The van der Waals surface area contributed by atoms with Gasteiger partial charge >= 0.3 is 0 Å². The van der Waals surface area contributed by atoms with Gasteiger partial charge in [0.2, 0.25) is 10.0 Å². The third kappa shape index (κ3) is 3.15. The van der Waals surface area contributed by atoms with Crippen LogP contribution in [0.25, 0.3) is 10.9 Å². The van der Waals surface area contributed by atoms with Gasteiger partial charge in [0, 0.05) is 11.6 Å². The van der Waals surface area contributed by atoms with Crippen LogP contribution in [0.15, 0.2) is 52.4 Å². The smallest absolute Gasteiger partial charge is 0.264 e. The predicted octanol–water partition coefficient (Wildman–Crippen LogP) is 2.08. The number of rotatable bonds is 4. The van der Waals surface area contributed by atoms with E-state index in [0.29, 0.717) is 12.8 Å². The summed E-state index contributed by atoms with van der Waals surface area (Å²) in [5.41, 5.74) is 0.0320. The van der Waals surface area contributed by atoms with Gasteiger partial charge in [-0.25, -0.2) is 25.9 Å². The van der Waals surface area contributed by atoms with E-state index < -0.39 is 25.3 Å². The maximum atomic E-state index is 12.9. The second kappa shape index (κ2) is 6.10. The highest BCUT2D eigenvalue weighted by Crippen LogP contribution is 2.30. The van der Waals surface area contributed by atoms with Gasteiger partial charge in [-0.15, -0.1) is 0 Å². The van der Waals surface area contributed by atoms with Crippen molar-refractivity contribution in [2.75, 3.05) is 0 Å². The van der Waals surface area contributed by atoms with Gasteiger partial charge in [0.25, 0.3) is 15.3 Å². The number of benzene rings is 1. The van der Waals surface area contributed by atoms with E-state index in [9.17, 15) is 21.6 Å². The highest BCUT2D eigenvalue weighted by Gasteiger charge is 2.26. The Morgan fingerprint density at radius 1 is 1.20 bits per heavy atom. The zero-order valence-electron chi connectivity index (χ0n) is 12.7. The van der Waals surface area contributed by atoms with Crippen LogP contribution in [0.3, 0.4) is 0 Å². The number of nitrogens with zero attached hydrogens (tertiary/aromatic N) is 1. The Hall–Kier alpha value is -1.94. The number of carbonyl (C=O) groups is 1. The van der Waals surface area contributed by atoms with Crippen LogP contribution in [0.2, 0.25) is 0 Å². The van der Waals surface area contributed by atoms with Gasteiger partial charge in [-0.3, -0.25) is 4.79 Å². The molecule has 1 aliphatic rings. The number of hydrogen-bond donors (Lipinski definition) is 1. The summed E-state index contributed by atoms with van der Waals surface area (Å²) in [4.78, 5) is 11.6. The molecular formula is C15H13ClN2O5S2. The average Bonchev–Trinajstić information content (AvgIpc) is 2.94. The predicted molar refractivity (Wildman–Crippen MR) is 94.3 cm³/mol. The van der Waals surface area contributed by atoms with E-state index >= 15 is 0 Å². The van der Waals surface area contributed by atoms with Crippen LogP contribution in [0.4, 0.5) is 0 Å². The van der Waals surface area contributed by atoms with E-state index in [4.69, 9.17) is 16.7 Å². The highest BCUT2D eigenvalue weighted by atomic mass is 35.5. The zero-order valence-corrected chi connectivity index (χ0v) is 15.1. The summed E-state index contributed by atoms with van der Waals surface area (Å²) in [6.45, 7) is 0. The summed E-state index contributed by atoms with van der Waals surface area (Å²) < 4.78 is 49.8. The molecule has 0 radical (unpaired) electrons. The second-order valence-electron chi connectivity index (χ2n) is 5.44. The molecule has 0 fully saturated rings. The van der Waals surface area contributed by atoms with Crippen LogP contribution in [-0.2, 0) is 20.0 Å². The topological polar surface area (TPSA) is 116 Å². The lowest BCUT2D eigenvalue weighted by molar-refractivity contribution is 0.108. The van der Waals surface area contributed by atoms with E-state index in [-0.39, 0.29) is 26.3 Å². The van der Waals surface area contributed by atoms with Crippen molar-refractivity contribution < 1.29 is 21.6 Å². The number of halogens is 1. The Bertz CT molecular complexity index is 1160. The van der Waals surface area contributed by atoms with Crippen molar-refractivity contribution in [1.29, 1.82) is 0 Å². The summed E-state index contributed by atoms with van der Waals surface area (Å²) in [7, 11) is -7.93. The summed E-state index contributed by atoms with van der Waals surface area (Å²) in [5.74, 6) is 0. The SMILES string of the molecule is NS(=O)(=O)c1ccc2c(c1)c(C(=O)Cl)cn2S(=O)(=O)C1=CC=CCC1. The summed E-state index contributed by atoms with van der Waals surface area (Å²) in [5, 5.41) is 4.30. The van der Waals surface area contributed by atoms with Crippen molar-refractivity contribution in [3.05, 3.63) is 53.1 Å². The second-order valence-corrected chi connectivity index (χ2v) is 9.21. The fourth-order valence-electron chi connectivity index (χ4n) is 2.63. The molecule has 10 heteroatoms. The molecule has 132 valence electrons. The molecule has 7 nitrogen and oxygen atoms in total. The van der Waals surface area contributed by atoms with E-state index in [0.717, 1.165) is 16.2 Å². The van der Waals surface area contributed by atoms with E-state index in [1.807, 2.05) is 6.08 Å². The van der Waals surface area contributed by atoms with Gasteiger partial charge < -0.3 is 0 Å². The Morgan fingerprint density at radius 2 is 1.92 bits per heavy atom. The van der Waals surface area contributed by atoms with Crippen LogP contribution in [0, 0.1) is 0 Å². The average molecular weight is 401 g/mol. The third-order valence-corrected chi connectivity index (χ3v) is 6.79. The third-order valence-electron chi connectivity index (χ3n) is 3.85. The Kier molecular flexibility index (Phi) is 4.36. The molecule has 0 spiro atoms. The maximum Gasteiger partial charge on any atom is 0.264 e. The maximum absolute atomic E-state index is 12.9. The first-order valence-corrected chi connectivity index (χ1v) is 10.5. The molecule has 0 bridgehead atoms. The number of carbonyl (C=O) groups excluding carboxylic acids is 1. The van der Waals surface area contributed by atoms with Gasteiger partial charge in [-0.1, -0.05) is 12.2 Å². The van der Waals surface area contributed by atoms with Crippen molar-refractivity contribution in [1.82, 2.24) is 3.97 Å². The van der Waals surface area contributed by atoms with Crippen LogP contribution in [-0.4, -0.2) is 26.1 Å². The van der Waals surface area contributed by atoms with Crippen LogP contribution < -0.4 is 5.14 Å². The van der Waals surface area contributed by atoms with Crippen LogP contribution in [0.5, 0.6) is 0 Å². The number of primary sulfonamides is 1. The van der Waals surface area contributed by atoms with Crippen molar-refractivity contribution in [2.24, 2.45) is 5.14 Å². The van der Waals surface area contributed by atoms with E-state index in [1.54, 1.807) is 6.08 Å². The molecule has 0 unspecified atom stereocenters. The monoisotopic (exact) mass is 400 g/mol. The largest absolute Gasteiger partial charge is 0.276 e. The Labute approximate surface area is 149 Å². The first kappa shape index (κ1) is 17.9. The molecule has 1 aromatic carbocycles. The molecule has 1 aromatic heterocycles. The summed E-state index contributed by atoms with van der Waals surface area (Å²) >= 11 is 5.54. The molecule has 2 N–H and O–H groups in total. The van der Waals surface area contributed by atoms with Crippen LogP contribution in [0.1, 0.15) is 23.2 Å². The number of aromatic nitrogens is 1. The lowest BCUT2D eigenvalue weighted by atomic mass is 10.2. The molecule has 3 rings (SSSR count). The first-order chi connectivity index (χ1) is 11.6. The minimum atomic E-state index is -4.02. The number of hydrogen-bond acceptors (Lipinski definition) is 5. The van der Waals surface area contributed by atoms with Gasteiger partial charge in [0.1, 0.15) is 0 Å². The van der Waals surface area contributed by atoms with Crippen LogP contribution >= 0.6 is 11.6 Å². The number of nitrogens with two attached hydrogens (primary N) is 1. The first-order valence-electron chi connectivity index (χ1n) is 7.11. The Balaban J connectivity index is 2.32. The van der Waals surface area contributed by atoms with Gasteiger partial charge in [0.15, 0.2) is 0 Å². The van der Waals surface area contributed by atoms with Gasteiger partial charge in [-0.2, -0.15) is 0 Å². The normalized spacial score (nSPS) is 15.4. The lowest BCUT2D eigenvalue weighted by Crippen LogP contribution is -2.15. The van der Waals surface area contributed by atoms with E-state index in [2.05, 4.69) is 0 Å². The van der Waals surface area contributed by atoms with Crippen molar-refractivity contribution in [3.63, 3.8) is 0 Å². The van der Waals surface area contributed by atoms with Crippen molar-refractivity contribution >= 4 is 47.8 Å². The zero-order chi connectivity index (χ0) is 18.4. The fraction of sp³-hybridized carbons (Fsp3) is 0.133. The highest BCUT2D eigenvalue weighted by molar-refractivity contribution is 7.94. The molecule has 25 heavy (non-hydrogen) atoms. The fourth-order valence-corrected chi connectivity index (χ4v) is 4.87. The minimum Gasteiger partial charge on any atom is -0.276 e. The van der Waals surface area contributed by atoms with Gasteiger partial charge in [-0.05, 0) is 48.7 Å². The van der Waals surface area contributed by atoms with Crippen molar-refractivity contribution in [3.8, 4) is 0 Å². The minimum absolute atomic E-state index is 0.0991. The van der Waals surface area contributed by atoms with Gasteiger partial charge in [0.05, 0.1) is 20.9 Å². The van der Waals surface area contributed by atoms with E-state index in [1.165, 1.54) is 18.2 Å². The molecular weight excluding hydrogens is 388 g/mol. The molecule has 1 heterocycles. The molecule has 0 atom stereocenters.